The zero-order chi connectivity index (χ0) is 15.6. The minimum absolute atomic E-state index is 0.0229. The van der Waals surface area contributed by atoms with E-state index >= 15 is 0 Å². The molecule has 21 heavy (non-hydrogen) atoms. The second kappa shape index (κ2) is 5.90. The lowest BCUT2D eigenvalue weighted by atomic mass is 10.0. The predicted molar refractivity (Wildman–Crippen MR) is 87.0 cm³/mol. The van der Waals surface area contributed by atoms with Crippen molar-refractivity contribution < 1.29 is 8.42 Å². The van der Waals surface area contributed by atoms with Crippen LogP contribution in [0.2, 0.25) is 0 Å². The van der Waals surface area contributed by atoms with Gasteiger partial charge >= 0.3 is 0 Å². The third-order valence-electron chi connectivity index (χ3n) is 3.74. The summed E-state index contributed by atoms with van der Waals surface area (Å²) in [7, 11) is -3.35. The smallest absolute Gasteiger partial charge is 0.182 e. The van der Waals surface area contributed by atoms with Gasteiger partial charge in [0.15, 0.2) is 9.84 Å². The van der Waals surface area contributed by atoms with E-state index in [0.29, 0.717) is 16.5 Å². The Hall–Kier alpha value is -1.81. The van der Waals surface area contributed by atoms with Gasteiger partial charge in [-0.05, 0) is 47.7 Å². The summed E-state index contributed by atoms with van der Waals surface area (Å²) in [6.45, 7) is 6.02. The Morgan fingerprint density at radius 2 is 1.67 bits per heavy atom. The average molecular weight is 303 g/mol. The number of rotatable bonds is 4. The first-order chi connectivity index (χ1) is 9.81. The van der Waals surface area contributed by atoms with Gasteiger partial charge in [-0.2, -0.15) is 0 Å². The van der Waals surface area contributed by atoms with Gasteiger partial charge in [0, 0.05) is 5.69 Å². The standard InChI is InChI=1S/C17H21NO2S/c1-12(2)14-7-9-16(10-8-14)21(19,20)11-15-5-4-6-17(18)13(15)3/h4-10,12H,11,18H2,1-3H3. The van der Waals surface area contributed by atoms with Gasteiger partial charge in [-0.1, -0.05) is 38.1 Å². The average Bonchev–Trinajstić information content (AvgIpc) is 2.44. The Balaban J connectivity index is 2.32. The second-order valence-corrected chi connectivity index (χ2v) is 7.60. The number of nitrogens with two attached hydrogens (primary N) is 1. The van der Waals surface area contributed by atoms with Crippen molar-refractivity contribution in [3.63, 3.8) is 0 Å². The highest BCUT2D eigenvalue weighted by Gasteiger charge is 2.17. The first-order valence-corrected chi connectivity index (χ1v) is 8.63. The van der Waals surface area contributed by atoms with E-state index in [9.17, 15) is 8.42 Å². The first-order valence-electron chi connectivity index (χ1n) is 6.98. The van der Waals surface area contributed by atoms with Gasteiger partial charge in [0.1, 0.15) is 0 Å². The molecule has 0 aromatic heterocycles. The highest BCUT2D eigenvalue weighted by Crippen LogP contribution is 2.23. The third-order valence-corrected chi connectivity index (χ3v) is 5.42. The van der Waals surface area contributed by atoms with Crippen LogP contribution in [-0.2, 0) is 15.6 Å². The zero-order valence-electron chi connectivity index (χ0n) is 12.6. The monoisotopic (exact) mass is 303 g/mol. The molecule has 0 amide bonds. The SMILES string of the molecule is Cc1c(N)cccc1CS(=O)(=O)c1ccc(C(C)C)cc1. The molecule has 0 saturated heterocycles. The van der Waals surface area contributed by atoms with E-state index in [1.54, 1.807) is 24.3 Å². The topological polar surface area (TPSA) is 60.2 Å². The van der Waals surface area contributed by atoms with E-state index in [1.165, 1.54) is 0 Å². The lowest BCUT2D eigenvalue weighted by Crippen LogP contribution is -2.07. The Bertz CT molecular complexity index is 732. The van der Waals surface area contributed by atoms with E-state index in [1.807, 2.05) is 25.1 Å². The summed E-state index contributed by atoms with van der Waals surface area (Å²) < 4.78 is 25.0. The molecular weight excluding hydrogens is 282 g/mol. The predicted octanol–water partition coefficient (Wildman–Crippen LogP) is 3.67. The minimum Gasteiger partial charge on any atom is -0.399 e. The molecule has 2 aromatic carbocycles. The van der Waals surface area contributed by atoms with Crippen molar-refractivity contribution in [2.45, 2.75) is 37.3 Å². The van der Waals surface area contributed by atoms with Crippen LogP contribution in [0.4, 0.5) is 5.69 Å². The fourth-order valence-corrected chi connectivity index (χ4v) is 3.65. The van der Waals surface area contributed by atoms with Crippen molar-refractivity contribution in [3.8, 4) is 0 Å². The molecule has 0 bridgehead atoms. The van der Waals surface area contributed by atoms with Gasteiger partial charge in [0.25, 0.3) is 0 Å². The molecule has 4 heteroatoms. The molecule has 2 aromatic rings. The van der Waals surface area contributed by atoms with Crippen molar-refractivity contribution in [2.24, 2.45) is 0 Å². The summed E-state index contributed by atoms with van der Waals surface area (Å²) in [5.41, 5.74) is 9.18. The van der Waals surface area contributed by atoms with E-state index in [-0.39, 0.29) is 5.75 Å². The van der Waals surface area contributed by atoms with Crippen molar-refractivity contribution in [2.75, 3.05) is 5.73 Å². The molecule has 0 radical (unpaired) electrons. The molecule has 0 heterocycles. The fraction of sp³-hybridized carbons (Fsp3) is 0.294. The van der Waals surface area contributed by atoms with Crippen LogP contribution in [0.3, 0.4) is 0 Å². The highest BCUT2D eigenvalue weighted by atomic mass is 32.2. The van der Waals surface area contributed by atoms with Crippen LogP contribution in [0, 0.1) is 6.92 Å². The van der Waals surface area contributed by atoms with E-state index in [4.69, 9.17) is 5.73 Å². The maximum Gasteiger partial charge on any atom is 0.182 e. The van der Waals surface area contributed by atoms with Crippen LogP contribution in [-0.4, -0.2) is 8.42 Å². The minimum atomic E-state index is -3.35. The number of sulfone groups is 1. The first kappa shape index (κ1) is 15.6. The Labute approximate surface area is 126 Å². The van der Waals surface area contributed by atoms with Gasteiger partial charge in [0.05, 0.1) is 10.6 Å². The molecule has 0 aliphatic rings. The lowest BCUT2D eigenvalue weighted by Gasteiger charge is -2.10. The van der Waals surface area contributed by atoms with Crippen LogP contribution in [0.5, 0.6) is 0 Å². The van der Waals surface area contributed by atoms with Gasteiger partial charge in [0.2, 0.25) is 0 Å². The van der Waals surface area contributed by atoms with Gasteiger partial charge in [-0.3, -0.25) is 0 Å². The molecule has 2 rings (SSSR count). The number of hydrogen-bond acceptors (Lipinski definition) is 3. The molecule has 2 N–H and O–H groups in total. The Morgan fingerprint density at radius 1 is 1.05 bits per heavy atom. The van der Waals surface area contributed by atoms with Gasteiger partial charge in [-0.15, -0.1) is 0 Å². The van der Waals surface area contributed by atoms with Crippen LogP contribution >= 0.6 is 0 Å². The molecule has 0 spiro atoms. The molecular formula is C17H21NO2S. The number of nitrogen functional groups attached to an aromatic ring is 1. The van der Waals surface area contributed by atoms with E-state index in [2.05, 4.69) is 13.8 Å². The summed E-state index contributed by atoms with van der Waals surface area (Å²) in [5.74, 6) is 0.364. The summed E-state index contributed by atoms with van der Waals surface area (Å²) in [6.07, 6.45) is 0. The van der Waals surface area contributed by atoms with Crippen molar-refractivity contribution in [1.29, 1.82) is 0 Å². The van der Waals surface area contributed by atoms with Crippen LogP contribution in [0.25, 0.3) is 0 Å². The lowest BCUT2D eigenvalue weighted by molar-refractivity contribution is 0.595. The van der Waals surface area contributed by atoms with Gasteiger partial charge in [-0.25, -0.2) is 8.42 Å². The Kier molecular flexibility index (Phi) is 4.37. The summed E-state index contributed by atoms with van der Waals surface area (Å²) in [4.78, 5) is 0.355. The zero-order valence-corrected chi connectivity index (χ0v) is 13.4. The number of anilines is 1. The molecule has 0 aliphatic heterocycles. The van der Waals surface area contributed by atoms with Gasteiger partial charge < -0.3 is 5.73 Å². The van der Waals surface area contributed by atoms with Crippen molar-refractivity contribution in [3.05, 3.63) is 59.2 Å². The van der Waals surface area contributed by atoms with E-state index < -0.39 is 9.84 Å². The number of benzene rings is 2. The van der Waals surface area contributed by atoms with Crippen LogP contribution in [0.1, 0.15) is 36.5 Å². The highest BCUT2D eigenvalue weighted by molar-refractivity contribution is 7.90. The molecule has 0 atom stereocenters. The van der Waals surface area contributed by atoms with Crippen molar-refractivity contribution in [1.82, 2.24) is 0 Å². The quantitative estimate of drug-likeness (QED) is 0.877. The van der Waals surface area contributed by atoms with Crippen LogP contribution in [0.15, 0.2) is 47.4 Å². The molecule has 0 aliphatic carbocycles. The van der Waals surface area contributed by atoms with Crippen molar-refractivity contribution >= 4 is 15.5 Å². The van der Waals surface area contributed by atoms with Crippen LogP contribution < -0.4 is 5.73 Å². The Morgan fingerprint density at radius 3 is 2.24 bits per heavy atom. The molecule has 0 fully saturated rings. The summed E-state index contributed by atoms with van der Waals surface area (Å²) in [6, 6.07) is 12.5. The number of hydrogen-bond donors (Lipinski definition) is 1. The second-order valence-electron chi connectivity index (χ2n) is 5.61. The van der Waals surface area contributed by atoms with E-state index in [0.717, 1.165) is 16.7 Å². The normalized spacial score (nSPS) is 11.8. The fourth-order valence-electron chi connectivity index (χ4n) is 2.21. The molecule has 0 unspecified atom stereocenters. The summed E-state index contributed by atoms with van der Waals surface area (Å²) >= 11 is 0. The maximum absolute atomic E-state index is 12.5. The molecule has 112 valence electrons. The third kappa shape index (κ3) is 3.45. The maximum atomic E-state index is 12.5. The largest absolute Gasteiger partial charge is 0.399 e. The molecule has 0 saturated carbocycles. The summed E-state index contributed by atoms with van der Waals surface area (Å²) in [5, 5.41) is 0. The molecule has 3 nitrogen and oxygen atoms in total.